The van der Waals surface area contributed by atoms with Crippen molar-refractivity contribution in [3.8, 4) is 0 Å². The van der Waals surface area contributed by atoms with Gasteiger partial charge in [-0.15, -0.1) is 0 Å². The summed E-state index contributed by atoms with van der Waals surface area (Å²) in [6, 6.07) is 6.52. The fourth-order valence-corrected chi connectivity index (χ4v) is 2.51. The van der Waals surface area contributed by atoms with E-state index in [1.54, 1.807) is 24.3 Å². The molecular weight excluding hydrogens is 312 g/mol. The van der Waals surface area contributed by atoms with Crippen LogP contribution < -0.4 is 10.6 Å². The molecule has 1 aliphatic rings. The Hall–Kier alpha value is -2.41. The lowest BCUT2D eigenvalue weighted by Gasteiger charge is -2.21. The van der Waals surface area contributed by atoms with Crippen LogP contribution in [0.4, 0.5) is 5.69 Å². The monoisotopic (exact) mass is 334 g/mol. The van der Waals surface area contributed by atoms with Crippen molar-refractivity contribution in [3.05, 3.63) is 29.8 Å². The van der Waals surface area contributed by atoms with Gasteiger partial charge in [0.15, 0.2) is 0 Å². The molecule has 1 aromatic carbocycles. The summed E-state index contributed by atoms with van der Waals surface area (Å²) in [6.45, 7) is 1.50. The van der Waals surface area contributed by atoms with Crippen molar-refractivity contribution in [1.82, 2.24) is 5.32 Å². The van der Waals surface area contributed by atoms with Crippen LogP contribution >= 0.6 is 0 Å². The number of rotatable bonds is 7. The molecule has 24 heavy (non-hydrogen) atoms. The van der Waals surface area contributed by atoms with Crippen molar-refractivity contribution in [3.63, 3.8) is 0 Å². The first-order valence-electron chi connectivity index (χ1n) is 8.02. The highest BCUT2D eigenvalue weighted by molar-refractivity contribution is 5.96. The molecule has 2 amide bonds. The second-order valence-corrected chi connectivity index (χ2v) is 5.79. The van der Waals surface area contributed by atoms with E-state index in [4.69, 9.17) is 9.84 Å². The number of carbonyl (C=O) groups excluding carboxylic acids is 2. The van der Waals surface area contributed by atoms with Crippen LogP contribution in [0.5, 0.6) is 0 Å². The van der Waals surface area contributed by atoms with Crippen molar-refractivity contribution in [1.29, 1.82) is 0 Å². The van der Waals surface area contributed by atoms with Crippen molar-refractivity contribution in [2.24, 2.45) is 5.92 Å². The second-order valence-electron chi connectivity index (χ2n) is 5.79. The highest BCUT2D eigenvalue weighted by Crippen LogP contribution is 2.19. The predicted octanol–water partition coefficient (Wildman–Crippen LogP) is 1.65. The standard InChI is InChI=1S/C17H22N2O5/c20-15(11-12-6-9-24-10-7-12)19-14-3-1-13(2-4-14)17(23)18-8-5-16(21)22/h1-4,12H,5-11H2,(H,18,23)(H,19,20)(H,21,22). The van der Waals surface area contributed by atoms with Gasteiger partial charge in [-0.2, -0.15) is 0 Å². The van der Waals surface area contributed by atoms with Crippen molar-refractivity contribution in [2.75, 3.05) is 25.1 Å². The Morgan fingerprint density at radius 2 is 1.79 bits per heavy atom. The summed E-state index contributed by atoms with van der Waals surface area (Å²) in [5.41, 5.74) is 1.05. The van der Waals surface area contributed by atoms with E-state index in [1.165, 1.54) is 0 Å². The van der Waals surface area contributed by atoms with Crippen LogP contribution in [-0.4, -0.2) is 42.6 Å². The van der Waals surface area contributed by atoms with Crippen LogP contribution in [0, 0.1) is 5.92 Å². The maximum absolute atomic E-state index is 12.0. The number of amides is 2. The van der Waals surface area contributed by atoms with Crippen LogP contribution in [-0.2, 0) is 14.3 Å². The Balaban J connectivity index is 1.79. The van der Waals surface area contributed by atoms with Gasteiger partial charge < -0.3 is 20.5 Å². The van der Waals surface area contributed by atoms with E-state index >= 15 is 0 Å². The molecule has 1 fully saturated rings. The fourth-order valence-electron chi connectivity index (χ4n) is 2.51. The third kappa shape index (κ3) is 6.00. The molecule has 3 N–H and O–H groups in total. The summed E-state index contributed by atoms with van der Waals surface area (Å²) in [6.07, 6.45) is 2.17. The summed E-state index contributed by atoms with van der Waals surface area (Å²) >= 11 is 0. The number of hydrogen-bond acceptors (Lipinski definition) is 4. The molecule has 0 bridgehead atoms. The number of anilines is 1. The summed E-state index contributed by atoms with van der Waals surface area (Å²) in [7, 11) is 0. The van der Waals surface area contributed by atoms with Crippen molar-refractivity contribution >= 4 is 23.5 Å². The Kier molecular flexibility index (Phi) is 6.74. The number of carboxylic acids is 1. The average Bonchev–Trinajstić information content (AvgIpc) is 2.56. The zero-order chi connectivity index (χ0) is 17.4. The molecule has 1 saturated heterocycles. The number of benzene rings is 1. The Morgan fingerprint density at radius 3 is 2.42 bits per heavy atom. The Morgan fingerprint density at radius 1 is 1.12 bits per heavy atom. The Bertz CT molecular complexity index is 579. The van der Waals surface area contributed by atoms with Gasteiger partial charge in [0.1, 0.15) is 0 Å². The van der Waals surface area contributed by atoms with E-state index in [9.17, 15) is 14.4 Å². The summed E-state index contributed by atoms with van der Waals surface area (Å²) in [5.74, 6) is -0.979. The lowest BCUT2D eigenvalue weighted by molar-refractivity contribution is -0.136. The van der Waals surface area contributed by atoms with Gasteiger partial charge in [0.25, 0.3) is 5.91 Å². The molecule has 7 heteroatoms. The number of carboxylic acid groups (broad SMARTS) is 1. The third-order valence-corrected chi connectivity index (χ3v) is 3.87. The van der Waals surface area contributed by atoms with Gasteiger partial charge in [0.05, 0.1) is 6.42 Å². The van der Waals surface area contributed by atoms with Crippen LogP contribution in [0.25, 0.3) is 0 Å². The topological polar surface area (TPSA) is 105 Å². The van der Waals surface area contributed by atoms with E-state index in [0.29, 0.717) is 36.8 Å². The van der Waals surface area contributed by atoms with Crippen LogP contribution in [0.2, 0.25) is 0 Å². The molecule has 0 spiro atoms. The molecule has 0 aromatic heterocycles. The molecule has 0 radical (unpaired) electrons. The van der Waals surface area contributed by atoms with Gasteiger partial charge in [-0.05, 0) is 43.0 Å². The smallest absolute Gasteiger partial charge is 0.305 e. The molecule has 1 aliphatic heterocycles. The molecule has 7 nitrogen and oxygen atoms in total. The number of carbonyl (C=O) groups is 3. The maximum atomic E-state index is 12.0. The highest BCUT2D eigenvalue weighted by Gasteiger charge is 2.17. The minimum Gasteiger partial charge on any atom is -0.481 e. The molecule has 1 aromatic rings. The Labute approximate surface area is 140 Å². The highest BCUT2D eigenvalue weighted by atomic mass is 16.5. The zero-order valence-electron chi connectivity index (χ0n) is 13.4. The molecule has 0 saturated carbocycles. The van der Waals surface area contributed by atoms with E-state index in [1.807, 2.05) is 0 Å². The lowest BCUT2D eigenvalue weighted by atomic mass is 9.96. The largest absolute Gasteiger partial charge is 0.481 e. The van der Waals surface area contributed by atoms with Gasteiger partial charge in [-0.1, -0.05) is 0 Å². The van der Waals surface area contributed by atoms with Crippen molar-refractivity contribution in [2.45, 2.75) is 25.7 Å². The SMILES string of the molecule is O=C(O)CCNC(=O)c1ccc(NC(=O)CC2CCOCC2)cc1. The zero-order valence-corrected chi connectivity index (χ0v) is 13.4. The van der Waals surface area contributed by atoms with E-state index in [2.05, 4.69) is 10.6 Å². The third-order valence-electron chi connectivity index (χ3n) is 3.87. The summed E-state index contributed by atoms with van der Waals surface area (Å²) < 4.78 is 5.27. The molecule has 130 valence electrons. The minimum atomic E-state index is -0.960. The van der Waals surface area contributed by atoms with Crippen LogP contribution in [0.1, 0.15) is 36.0 Å². The molecule has 0 unspecified atom stereocenters. The average molecular weight is 334 g/mol. The molecule has 0 aliphatic carbocycles. The van der Waals surface area contributed by atoms with Crippen LogP contribution in [0.3, 0.4) is 0 Å². The van der Waals surface area contributed by atoms with E-state index in [0.717, 1.165) is 12.8 Å². The van der Waals surface area contributed by atoms with Gasteiger partial charge >= 0.3 is 5.97 Å². The quantitative estimate of drug-likeness (QED) is 0.703. The van der Waals surface area contributed by atoms with Gasteiger partial charge in [-0.25, -0.2) is 0 Å². The van der Waals surface area contributed by atoms with Crippen molar-refractivity contribution < 1.29 is 24.2 Å². The van der Waals surface area contributed by atoms with E-state index in [-0.39, 0.29) is 24.8 Å². The van der Waals surface area contributed by atoms with Gasteiger partial charge in [0.2, 0.25) is 5.91 Å². The molecule has 0 atom stereocenters. The summed E-state index contributed by atoms with van der Waals surface area (Å²) in [5, 5.41) is 13.9. The van der Waals surface area contributed by atoms with Gasteiger partial charge in [-0.3, -0.25) is 14.4 Å². The van der Waals surface area contributed by atoms with Crippen LogP contribution in [0.15, 0.2) is 24.3 Å². The first-order valence-corrected chi connectivity index (χ1v) is 8.02. The first-order chi connectivity index (χ1) is 11.5. The van der Waals surface area contributed by atoms with E-state index < -0.39 is 5.97 Å². The number of ether oxygens (including phenoxy) is 1. The number of hydrogen-bond donors (Lipinski definition) is 3. The maximum Gasteiger partial charge on any atom is 0.305 e. The minimum absolute atomic E-state index is 0.0411. The molecular formula is C17H22N2O5. The second kappa shape index (κ2) is 9.02. The normalized spacial score (nSPS) is 14.8. The molecule has 2 rings (SSSR count). The first kappa shape index (κ1) is 17.9. The predicted molar refractivity (Wildman–Crippen MR) is 87.8 cm³/mol. The number of aliphatic carboxylic acids is 1. The lowest BCUT2D eigenvalue weighted by Crippen LogP contribution is -2.26. The number of nitrogens with one attached hydrogen (secondary N) is 2. The molecule has 1 heterocycles. The summed E-state index contributed by atoms with van der Waals surface area (Å²) in [4.78, 5) is 34.2. The fraction of sp³-hybridized carbons (Fsp3) is 0.471. The van der Waals surface area contributed by atoms with Gasteiger partial charge in [0, 0.05) is 37.4 Å².